The van der Waals surface area contributed by atoms with Gasteiger partial charge in [-0.25, -0.2) is 4.79 Å². The van der Waals surface area contributed by atoms with E-state index in [0.29, 0.717) is 0 Å². The molecule has 0 saturated carbocycles. The summed E-state index contributed by atoms with van der Waals surface area (Å²) < 4.78 is 29.6. The largest absolute Gasteiger partial charge is 0.478 e. The van der Waals surface area contributed by atoms with E-state index in [1.54, 1.807) is 12.1 Å². The van der Waals surface area contributed by atoms with E-state index in [-0.39, 0.29) is 10.5 Å². The molecule has 3 aromatic carbocycles. The Hall–Kier alpha value is -4.14. The zero-order valence-corrected chi connectivity index (χ0v) is 24.4. The number of carbonyl (C=O) groups is 1. The van der Waals surface area contributed by atoms with Gasteiger partial charge in [-0.3, -0.25) is 4.55 Å². The molecule has 0 aliphatic carbocycles. The molecule has 0 radical (unpaired) electrons. The summed E-state index contributed by atoms with van der Waals surface area (Å²) in [6.45, 7) is 13.8. The van der Waals surface area contributed by atoms with Crippen molar-refractivity contribution < 1.29 is 22.9 Å². The van der Waals surface area contributed by atoms with E-state index in [1.807, 2.05) is 47.3 Å². The first kappa shape index (κ1) is 34.9. The summed E-state index contributed by atoms with van der Waals surface area (Å²) in [5.41, 5.74) is 5.89. The fourth-order valence-electron chi connectivity index (χ4n) is 2.53. The van der Waals surface area contributed by atoms with Gasteiger partial charge in [0.1, 0.15) is 0 Å². The third-order valence-electron chi connectivity index (χ3n) is 4.97. The lowest BCUT2D eigenvalue weighted by molar-refractivity contribution is -0.132. The molecule has 0 spiro atoms. The number of nitrogens with zero attached hydrogens (tertiary/aromatic N) is 2. The Kier molecular flexibility index (Phi) is 15.5. The highest BCUT2D eigenvalue weighted by Gasteiger charge is 2.06. The lowest BCUT2D eigenvalue weighted by atomic mass is 10.2. The smallest absolute Gasteiger partial charge is 0.330 e. The molecule has 0 fully saturated rings. The van der Waals surface area contributed by atoms with Crippen LogP contribution in [0.25, 0.3) is 12.2 Å². The van der Waals surface area contributed by atoms with Crippen LogP contribution in [-0.2, 0) is 14.9 Å². The van der Waals surface area contributed by atoms with Crippen molar-refractivity contribution in [3.63, 3.8) is 0 Å². The second-order valence-corrected chi connectivity index (χ2v) is 10.2. The zero-order chi connectivity index (χ0) is 30.2. The van der Waals surface area contributed by atoms with Crippen molar-refractivity contribution in [1.29, 1.82) is 0 Å². The first-order chi connectivity index (χ1) is 18.1. The molecule has 0 aromatic heterocycles. The van der Waals surface area contributed by atoms with Gasteiger partial charge in [0.05, 0.1) is 4.90 Å². The zero-order valence-electron chi connectivity index (χ0n) is 23.6. The maximum Gasteiger partial charge on any atom is 0.330 e. The Labute approximate surface area is 233 Å². The number of rotatable bonds is 6. The summed E-state index contributed by atoms with van der Waals surface area (Å²) in [7, 11) is 4.10. The van der Waals surface area contributed by atoms with Crippen LogP contribution in [-0.4, -0.2) is 52.2 Å². The molecular weight excluding hydrogens is 512 g/mol. The van der Waals surface area contributed by atoms with Crippen LogP contribution >= 0.6 is 0 Å². The molecule has 0 atom stereocenters. The number of carboxylic acids is 1. The maximum absolute atomic E-state index is 10.5. The molecule has 210 valence electrons. The summed E-state index contributed by atoms with van der Waals surface area (Å²) in [5, 5.41) is 7.89. The van der Waals surface area contributed by atoms with Crippen LogP contribution in [0.4, 0.5) is 11.4 Å². The van der Waals surface area contributed by atoms with Gasteiger partial charge in [-0.15, -0.1) is 0 Å². The maximum atomic E-state index is 10.5. The van der Waals surface area contributed by atoms with Crippen molar-refractivity contribution in [3.8, 4) is 0 Å². The lowest BCUT2D eigenvalue weighted by Gasteiger charge is -2.11. The van der Waals surface area contributed by atoms with Crippen LogP contribution < -0.4 is 9.80 Å². The van der Waals surface area contributed by atoms with Crippen molar-refractivity contribution in [2.45, 2.75) is 18.7 Å². The van der Waals surface area contributed by atoms with Crippen molar-refractivity contribution >= 4 is 39.6 Å². The Morgan fingerprint density at radius 1 is 0.744 bits per heavy atom. The lowest BCUT2D eigenvalue weighted by Crippen LogP contribution is -2.07. The van der Waals surface area contributed by atoms with Crippen LogP contribution in [0.5, 0.6) is 0 Å². The van der Waals surface area contributed by atoms with Gasteiger partial charge in [0, 0.05) is 45.1 Å². The van der Waals surface area contributed by atoms with Crippen LogP contribution in [0.3, 0.4) is 0 Å². The molecule has 0 aliphatic heterocycles. The first-order valence-electron chi connectivity index (χ1n) is 11.8. The standard InChI is InChI=1S/2C10H13N.C7H8O3S.C4H6O2/c2*1-4-9-5-7-10(8-6-9)11(2)3;1-6-2-4-7(5-3-6)11(8,9)10;1-3(2)4(5)6/h2*4-8H,1H2,2-3H3;2-5H,1H3,(H,8,9,10);1H2,2H3,(H,5,6). The number of hydrogen-bond acceptors (Lipinski definition) is 5. The minimum absolute atomic E-state index is 0.0666. The quantitative estimate of drug-likeness (QED) is 0.260. The Bertz CT molecular complexity index is 1230. The fourth-order valence-corrected chi connectivity index (χ4v) is 3.01. The van der Waals surface area contributed by atoms with Gasteiger partial charge in [0.2, 0.25) is 0 Å². The molecule has 39 heavy (non-hydrogen) atoms. The normalized spacial score (nSPS) is 9.62. The Morgan fingerprint density at radius 2 is 1.05 bits per heavy atom. The Balaban J connectivity index is 0.000000505. The predicted octanol–water partition coefficient (Wildman–Crippen LogP) is 6.68. The van der Waals surface area contributed by atoms with Crippen molar-refractivity contribution in [1.82, 2.24) is 0 Å². The van der Waals surface area contributed by atoms with Gasteiger partial charge in [-0.2, -0.15) is 8.42 Å². The van der Waals surface area contributed by atoms with Crippen molar-refractivity contribution in [2.75, 3.05) is 38.0 Å². The molecule has 0 heterocycles. The number of aryl methyl sites for hydroxylation is 1. The van der Waals surface area contributed by atoms with Gasteiger partial charge >= 0.3 is 5.97 Å². The van der Waals surface area contributed by atoms with E-state index in [2.05, 4.69) is 78.1 Å². The molecule has 0 unspecified atom stereocenters. The van der Waals surface area contributed by atoms with E-state index in [0.717, 1.165) is 16.7 Å². The molecule has 7 nitrogen and oxygen atoms in total. The summed E-state index contributed by atoms with van der Waals surface area (Å²) in [4.78, 5) is 13.7. The molecular formula is C31H40N2O5S. The molecule has 3 aromatic rings. The third kappa shape index (κ3) is 15.0. The second kappa shape index (κ2) is 17.4. The van der Waals surface area contributed by atoms with Gasteiger partial charge in [-0.05, 0) is 61.4 Å². The average molecular weight is 553 g/mol. The molecule has 8 heteroatoms. The van der Waals surface area contributed by atoms with E-state index in [1.165, 1.54) is 30.4 Å². The van der Waals surface area contributed by atoms with Gasteiger partial charge in [-0.1, -0.05) is 73.9 Å². The number of anilines is 2. The highest BCUT2D eigenvalue weighted by atomic mass is 32.2. The van der Waals surface area contributed by atoms with Gasteiger partial charge < -0.3 is 14.9 Å². The molecule has 0 amide bonds. The minimum Gasteiger partial charge on any atom is -0.478 e. The highest BCUT2D eigenvalue weighted by Crippen LogP contribution is 2.13. The third-order valence-corrected chi connectivity index (χ3v) is 5.84. The van der Waals surface area contributed by atoms with Gasteiger partial charge in [0.15, 0.2) is 0 Å². The van der Waals surface area contributed by atoms with E-state index >= 15 is 0 Å². The molecule has 0 saturated heterocycles. The van der Waals surface area contributed by atoms with E-state index < -0.39 is 16.1 Å². The summed E-state index contributed by atoms with van der Waals surface area (Å²) in [6, 6.07) is 22.5. The number of aliphatic carboxylic acids is 1. The molecule has 3 rings (SSSR count). The van der Waals surface area contributed by atoms with Gasteiger partial charge in [0.25, 0.3) is 10.1 Å². The second-order valence-electron chi connectivity index (χ2n) is 8.75. The average Bonchev–Trinajstić information content (AvgIpc) is 2.89. The molecule has 0 aliphatic rings. The first-order valence-corrected chi connectivity index (χ1v) is 13.3. The summed E-state index contributed by atoms with van der Waals surface area (Å²) in [5.74, 6) is -0.935. The number of benzene rings is 3. The van der Waals surface area contributed by atoms with E-state index in [9.17, 15) is 13.2 Å². The highest BCUT2D eigenvalue weighted by molar-refractivity contribution is 7.85. The fraction of sp³-hybridized carbons (Fsp3) is 0.194. The number of carboxylic acid groups (broad SMARTS) is 1. The summed E-state index contributed by atoms with van der Waals surface area (Å²) in [6.07, 6.45) is 3.69. The SMILES string of the molecule is C=C(C)C(=O)O.C=Cc1ccc(N(C)C)cc1.C=Cc1ccc(N(C)C)cc1.Cc1ccc(S(=O)(=O)O)cc1. The van der Waals surface area contributed by atoms with Crippen molar-refractivity contribution in [3.05, 3.63) is 115 Å². The minimum atomic E-state index is -4.02. The number of hydrogen-bond donors (Lipinski definition) is 2. The monoisotopic (exact) mass is 552 g/mol. The predicted molar refractivity (Wildman–Crippen MR) is 165 cm³/mol. The molecule has 2 N–H and O–H groups in total. The Morgan fingerprint density at radius 3 is 1.26 bits per heavy atom. The van der Waals surface area contributed by atoms with Crippen LogP contribution in [0.15, 0.2) is 103 Å². The topological polar surface area (TPSA) is 98.2 Å². The van der Waals surface area contributed by atoms with Crippen LogP contribution in [0.2, 0.25) is 0 Å². The van der Waals surface area contributed by atoms with Crippen LogP contribution in [0.1, 0.15) is 23.6 Å². The summed E-state index contributed by atoms with van der Waals surface area (Å²) >= 11 is 0. The van der Waals surface area contributed by atoms with Crippen LogP contribution in [0, 0.1) is 6.92 Å². The molecule has 0 bridgehead atoms. The van der Waals surface area contributed by atoms with E-state index in [4.69, 9.17) is 9.66 Å². The van der Waals surface area contributed by atoms with Crippen molar-refractivity contribution in [2.24, 2.45) is 0 Å².